The first-order valence-corrected chi connectivity index (χ1v) is 11.8. The Hall–Kier alpha value is -4.00. The van der Waals surface area contributed by atoms with Gasteiger partial charge in [0.1, 0.15) is 11.3 Å². The Morgan fingerprint density at radius 3 is 2.51 bits per heavy atom. The Kier molecular flexibility index (Phi) is 5.84. The van der Waals surface area contributed by atoms with Crippen LogP contribution in [0.1, 0.15) is 59.1 Å². The zero-order valence-corrected chi connectivity index (χ0v) is 20.2. The summed E-state index contributed by atoms with van der Waals surface area (Å²) in [5, 5.41) is 0.449. The number of ether oxygens (including phenoxy) is 1. The molecule has 0 spiro atoms. The highest BCUT2D eigenvalue weighted by atomic mass is 16.5. The van der Waals surface area contributed by atoms with Gasteiger partial charge in [0.25, 0.3) is 5.91 Å². The molecule has 2 aromatic heterocycles. The fraction of sp³-hybridized carbons (Fsp3) is 0.286. The minimum absolute atomic E-state index is 0.0225. The van der Waals surface area contributed by atoms with Crippen molar-refractivity contribution in [1.82, 2.24) is 9.97 Å². The first kappa shape index (κ1) is 22.8. The highest BCUT2D eigenvalue weighted by Gasteiger charge is 2.45. The van der Waals surface area contributed by atoms with E-state index in [1.54, 1.807) is 24.5 Å². The molecule has 0 saturated carbocycles. The average molecular weight is 470 g/mol. The second kappa shape index (κ2) is 8.98. The van der Waals surface area contributed by atoms with Crippen LogP contribution in [0.15, 0.2) is 64.1 Å². The summed E-state index contributed by atoms with van der Waals surface area (Å²) in [6.45, 7) is 8.77. The number of aromatic nitrogens is 2. The predicted molar refractivity (Wildman–Crippen MR) is 134 cm³/mol. The molecule has 3 heterocycles. The summed E-state index contributed by atoms with van der Waals surface area (Å²) in [6, 6.07) is 12.1. The Morgan fingerprint density at radius 1 is 1.03 bits per heavy atom. The van der Waals surface area contributed by atoms with E-state index in [0.717, 1.165) is 23.1 Å². The molecule has 35 heavy (non-hydrogen) atoms. The van der Waals surface area contributed by atoms with Crippen LogP contribution in [0.4, 0.5) is 5.95 Å². The number of nitrogens with zero attached hydrogens (tertiary/aromatic N) is 3. The lowest BCUT2D eigenvalue weighted by Gasteiger charge is -2.23. The van der Waals surface area contributed by atoms with Crippen molar-refractivity contribution in [3.8, 4) is 5.75 Å². The van der Waals surface area contributed by atoms with Gasteiger partial charge in [-0.3, -0.25) is 14.5 Å². The quantitative estimate of drug-likeness (QED) is 0.377. The largest absolute Gasteiger partial charge is 0.494 e. The molecule has 5 rings (SSSR count). The second-order valence-electron chi connectivity index (χ2n) is 9.34. The third-order valence-electron chi connectivity index (χ3n) is 6.39. The third-order valence-corrected chi connectivity index (χ3v) is 6.39. The van der Waals surface area contributed by atoms with Crippen molar-refractivity contribution in [1.29, 1.82) is 0 Å². The molecule has 0 radical (unpaired) electrons. The molecule has 1 aliphatic rings. The summed E-state index contributed by atoms with van der Waals surface area (Å²) in [5.41, 5.74) is 3.14. The lowest BCUT2D eigenvalue weighted by molar-refractivity contribution is 0.0969. The molecule has 0 saturated heterocycles. The Morgan fingerprint density at radius 2 is 1.77 bits per heavy atom. The van der Waals surface area contributed by atoms with Crippen molar-refractivity contribution in [2.45, 2.75) is 40.2 Å². The van der Waals surface area contributed by atoms with Gasteiger partial charge in [0, 0.05) is 12.4 Å². The van der Waals surface area contributed by atoms with Gasteiger partial charge in [-0.25, -0.2) is 9.97 Å². The van der Waals surface area contributed by atoms with Gasteiger partial charge in [-0.1, -0.05) is 26.0 Å². The average Bonchev–Trinajstić information content (AvgIpc) is 3.13. The van der Waals surface area contributed by atoms with Crippen LogP contribution in [-0.2, 0) is 0 Å². The van der Waals surface area contributed by atoms with Crippen molar-refractivity contribution in [2.24, 2.45) is 5.92 Å². The van der Waals surface area contributed by atoms with Crippen LogP contribution in [0.2, 0.25) is 0 Å². The topological polar surface area (TPSA) is 85.5 Å². The van der Waals surface area contributed by atoms with E-state index in [-0.39, 0.29) is 22.7 Å². The minimum Gasteiger partial charge on any atom is -0.494 e. The molecule has 7 nitrogen and oxygen atoms in total. The first-order chi connectivity index (χ1) is 16.8. The lowest BCUT2D eigenvalue weighted by atomic mass is 9.97. The van der Waals surface area contributed by atoms with E-state index in [4.69, 9.17) is 9.15 Å². The predicted octanol–water partition coefficient (Wildman–Crippen LogP) is 5.37. The number of aryl methyl sites for hydroxylation is 2. The summed E-state index contributed by atoms with van der Waals surface area (Å²) in [4.78, 5) is 37.5. The van der Waals surface area contributed by atoms with Gasteiger partial charge in [-0.2, -0.15) is 0 Å². The summed E-state index contributed by atoms with van der Waals surface area (Å²) in [7, 11) is 0. The zero-order valence-electron chi connectivity index (χ0n) is 20.2. The van der Waals surface area contributed by atoms with Crippen LogP contribution in [0, 0.1) is 19.8 Å². The Bertz CT molecular complexity index is 1480. The lowest BCUT2D eigenvalue weighted by Crippen LogP contribution is -2.31. The third kappa shape index (κ3) is 4.07. The molecular formula is C28H27N3O4. The maximum atomic E-state index is 13.8. The normalized spacial score (nSPS) is 15.2. The molecule has 0 fully saturated rings. The van der Waals surface area contributed by atoms with Crippen LogP contribution in [0.25, 0.3) is 11.0 Å². The standard InChI is InChI=1S/C28H27N3O4/c1-16(2)9-12-34-20-8-5-7-19(15-20)24-23-25(32)21-13-17(3)18(4)14-22(21)35-26(23)27(33)31(24)28-29-10-6-11-30-28/h5-8,10-11,13-16,24H,9,12H2,1-4H3. The van der Waals surface area contributed by atoms with E-state index in [2.05, 4.69) is 23.8 Å². The minimum atomic E-state index is -0.740. The summed E-state index contributed by atoms with van der Waals surface area (Å²) in [6.07, 6.45) is 4.06. The van der Waals surface area contributed by atoms with E-state index in [9.17, 15) is 9.59 Å². The fourth-order valence-electron chi connectivity index (χ4n) is 4.35. The Labute approximate surface area is 203 Å². The number of fused-ring (bicyclic) bond motifs is 2. The number of carbonyl (C=O) groups is 1. The van der Waals surface area contributed by atoms with Crippen molar-refractivity contribution in [3.05, 3.63) is 93.1 Å². The zero-order chi connectivity index (χ0) is 24.7. The highest BCUT2D eigenvalue weighted by Crippen LogP contribution is 2.40. The molecule has 1 amide bonds. The molecule has 0 bridgehead atoms. The number of carbonyl (C=O) groups excluding carboxylic acids is 1. The number of anilines is 1. The Balaban J connectivity index is 1.69. The maximum Gasteiger partial charge on any atom is 0.297 e. The van der Waals surface area contributed by atoms with Gasteiger partial charge in [-0.15, -0.1) is 0 Å². The molecule has 2 aromatic carbocycles. The monoisotopic (exact) mass is 469 g/mol. The van der Waals surface area contributed by atoms with Crippen LogP contribution in [0.3, 0.4) is 0 Å². The van der Waals surface area contributed by atoms with Crippen molar-refractivity contribution in [3.63, 3.8) is 0 Å². The van der Waals surface area contributed by atoms with Gasteiger partial charge >= 0.3 is 0 Å². The number of rotatable bonds is 6. The number of amides is 1. The first-order valence-electron chi connectivity index (χ1n) is 11.8. The summed E-state index contributed by atoms with van der Waals surface area (Å²) in [5.74, 6) is 0.979. The van der Waals surface area contributed by atoms with Gasteiger partial charge in [0.15, 0.2) is 5.43 Å². The van der Waals surface area contributed by atoms with Gasteiger partial charge in [0.05, 0.1) is 23.6 Å². The molecule has 1 unspecified atom stereocenters. The van der Waals surface area contributed by atoms with E-state index < -0.39 is 11.9 Å². The van der Waals surface area contributed by atoms with Crippen molar-refractivity contribution >= 4 is 22.8 Å². The van der Waals surface area contributed by atoms with E-state index in [1.165, 1.54) is 4.90 Å². The fourth-order valence-corrected chi connectivity index (χ4v) is 4.35. The highest BCUT2D eigenvalue weighted by molar-refractivity contribution is 6.09. The summed E-state index contributed by atoms with van der Waals surface area (Å²) < 4.78 is 12.0. The van der Waals surface area contributed by atoms with Gasteiger partial charge in [-0.05, 0) is 73.2 Å². The number of hydrogen-bond acceptors (Lipinski definition) is 6. The molecule has 178 valence electrons. The molecule has 0 aliphatic carbocycles. The molecule has 4 aromatic rings. The summed E-state index contributed by atoms with van der Waals surface area (Å²) >= 11 is 0. The van der Waals surface area contributed by atoms with E-state index in [0.29, 0.717) is 29.2 Å². The molecular weight excluding hydrogens is 442 g/mol. The molecule has 0 N–H and O–H groups in total. The van der Waals surface area contributed by atoms with Crippen LogP contribution in [-0.4, -0.2) is 22.5 Å². The molecule has 1 atom stereocenters. The second-order valence-corrected chi connectivity index (χ2v) is 9.34. The molecule has 1 aliphatic heterocycles. The van der Waals surface area contributed by atoms with Crippen molar-refractivity contribution < 1.29 is 13.9 Å². The van der Waals surface area contributed by atoms with Crippen molar-refractivity contribution in [2.75, 3.05) is 11.5 Å². The molecule has 7 heteroatoms. The number of benzene rings is 2. The van der Waals surface area contributed by atoms with Crippen LogP contribution >= 0.6 is 0 Å². The maximum absolute atomic E-state index is 13.8. The SMILES string of the molecule is Cc1cc2oc3c(c(=O)c2cc1C)C(c1cccc(OCCC(C)C)c1)N(c1ncccn1)C3=O. The smallest absolute Gasteiger partial charge is 0.297 e. The van der Waals surface area contributed by atoms with Crippen LogP contribution < -0.4 is 15.1 Å². The van der Waals surface area contributed by atoms with Gasteiger partial charge in [0.2, 0.25) is 11.7 Å². The van der Waals surface area contributed by atoms with Crippen LogP contribution in [0.5, 0.6) is 5.75 Å². The van der Waals surface area contributed by atoms with E-state index >= 15 is 0 Å². The van der Waals surface area contributed by atoms with E-state index in [1.807, 2.05) is 44.2 Å². The number of hydrogen-bond donors (Lipinski definition) is 0. The van der Waals surface area contributed by atoms with Gasteiger partial charge < -0.3 is 9.15 Å².